The summed E-state index contributed by atoms with van der Waals surface area (Å²) in [6, 6.07) is 25.0. The summed E-state index contributed by atoms with van der Waals surface area (Å²) in [5.41, 5.74) is 4.92. The van der Waals surface area contributed by atoms with Crippen molar-refractivity contribution >= 4 is 11.9 Å². The molecule has 1 amide bonds. The number of amides is 1. The second-order valence-corrected chi connectivity index (χ2v) is 10.0. The predicted molar refractivity (Wildman–Crippen MR) is 148 cm³/mol. The minimum absolute atomic E-state index is 0.148. The number of nitrogens with zero attached hydrogens (tertiary/aromatic N) is 1. The number of aliphatic hydroxyl groups is 1. The lowest BCUT2D eigenvalue weighted by molar-refractivity contribution is -0.146. The maximum Gasteiger partial charge on any atom is 0.316 e. The van der Waals surface area contributed by atoms with Gasteiger partial charge in [0.05, 0.1) is 29.3 Å². The molecule has 1 aliphatic carbocycles. The molecule has 39 heavy (non-hydrogen) atoms. The van der Waals surface area contributed by atoms with E-state index in [4.69, 9.17) is 9.26 Å². The molecule has 7 heteroatoms. The van der Waals surface area contributed by atoms with Gasteiger partial charge in [0.25, 0.3) is 5.91 Å². The molecule has 3 aromatic carbocycles. The first-order valence-electron chi connectivity index (χ1n) is 13.2. The molecule has 0 radical (unpaired) electrons. The number of carbonyl (C=O) groups is 2. The molecular formula is C32H32N2O5. The molecule has 0 aliphatic heterocycles. The van der Waals surface area contributed by atoms with Gasteiger partial charge in [0.2, 0.25) is 0 Å². The molecule has 1 heterocycles. The van der Waals surface area contributed by atoms with Crippen molar-refractivity contribution in [1.82, 2.24) is 10.5 Å². The number of rotatable bonds is 9. The van der Waals surface area contributed by atoms with Crippen molar-refractivity contribution in [3.05, 3.63) is 101 Å². The fraction of sp³-hybridized carbons (Fsp3) is 0.281. The van der Waals surface area contributed by atoms with Gasteiger partial charge in [-0.15, -0.1) is 0 Å². The van der Waals surface area contributed by atoms with Crippen LogP contribution in [0.4, 0.5) is 0 Å². The Hall–Kier alpha value is -4.23. The van der Waals surface area contributed by atoms with Crippen LogP contribution < -0.4 is 5.32 Å². The van der Waals surface area contributed by atoms with Gasteiger partial charge >= 0.3 is 5.97 Å². The number of esters is 1. The Morgan fingerprint density at radius 3 is 2.15 bits per heavy atom. The third-order valence-electron chi connectivity index (χ3n) is 7.42. The van der Waals surface area contributed by atoms with Crippen molar-refractivity contribution in [1.29, 1.82) is 0 Å². The summed E-state index contributed by atoms with van der Waals surface area (Å²) in [7, 11) is 0. The van der Waals surface area contributed by atoms with Crippen molar-refractivity contribution in [2.45, 2.75) is 51.2 Å². The molecule has 5 rings (SSSR count). The molecule has 0 saturated heterocycles. The van der Waals surface area contributed by atoms with Crippen LogP contribution in [-0.2, 0) is 19.7 Å². The summed E-state index contributed by atoms with van der Waals surface area (Å²) in [6.45, 7) is 5.78. The highest BCUT2D eigenvalue weighted by Gasteiger charge is 2.52. The molecule has 2 atom stereocenters. The maximum absolute atomic E-state index is 12.9. The van der Waals surface area contributed by atoms with Gasteiger partial charge in [-0.1, -0.05) is 84.0 Å². The fourth-order valence-corrected chi connectivity index (χ4v) is 4.96. The quantitative estimate of drug-likeness (QED) is 0.268. The Kier molecular flexibility index (Phi) is 7.35. The number of aromatic nitrogens is 1. The van der Waals surface area contributed by atoms with E-state index in [2.05, 4.69) is 10.5 Å². The highest BCUT2D eigenvalue weighted by Crippen LogP contribution is 2.49. The fourth-order valence-electron chi connectivity index (χ4n) is 4.96. The van der Waals surface area contributed by atoms with Crippen LogP contribution in [0.2, 0.25) is 0 Å². The number of aliphatic hydroxyl groups excluding tert-OH is 1. The van der Waals surface area contributed by atoms with Crippen molar-refractivity contribution in [3.63, 3.8) is 0 Å². The maximum atomic E-state index is 12.9. The number of benzene rings is 3. The molecule has 1 unspecified atom stereocenters. The Morgan fingerprint density at radius 1 is 0.974 bits per heavy atom. The lowest BCUT2D eigenvalue weighted by atomic mass is 9.93. The molecule has 0 spiro atoms. The second kappa shape index (κ2) is 10.9. The third kappa shape index (κ3) is 5.22. The molecule has 7 nitrogen and oxygen atoms in total. The summed E-state index contributed by atoms with van der Waals surface area (Å²) in [5, 5.41) is 17.8. The predicted octanol–water partition coefficient (Wildman–Crippen LogP) is 5.82. The monoisotopic (exact) mass is 524 g/mol. The molecule has 2 N–H and O–H groups in total. The van der Waals surface area contributed by atoms with E-state index in [1.165, 1.54) is 0 Å². The van der Waals surface area contributed by atoms with Crippen molar-refractivity contribution in [2.24, 2.45) is 0 Å². The van der Waals surface area contributed by atoms with Gasteiger partial charge in [0.1, 0.15) is 0 Å². The number of hydrogen-bond acceptors (Lipinski definition) is 6. The lowest BCUT2D eigenvalue weighted by Crippen LogP contribution is -2.32. The topological polar surface area (TPSA) is 102 Å². The zero-order valence-electron chi connectivity index (χ0n) is 22.3. The van der Waals surface area contributed by atoms with Gasteiger partial charge in [-0.3, -0.25) is 9.59 Å². The standard InChI is InChI=1S/C32H32N2O5/c1-4-38-31(37)32(18-19-32)26-16-14-24(15-17-26)23-10-12-25(13-11-23)29-27(21(3)34-39-29)28(35)30(36)33-20(2)22-8-6-5-7-9-22/h5-17,20,28,35H,4,18-19H2,1-3H3,(H,33,36)/t20-,28?/m1/s1. The first-order valence-corrected chi connectivity index (χ1v) is 13.2. The number of nitrogens with one attached hydrogen (secondary N) is 1. The normalized spacial score (nSPS) is 15.3. The SMILES string of the molecule is CCOC(=O)C1(c2ccc(-c3ccc(-c4onc(C)c4C(O)C(=O)N[C@H](C)c4ccccc4)cc3)cc2)CC1. The summed E-state index contributed by atoms with van der Waals surface area (Å²) in [4.78, 5) is 25.3. The molecule has 1 aromatic heterocycles. The lowest BCUT2D eigenvalue weighted by Gasteiger charge is -2.17. The van der Waals surface area contributed by atoms with Crippen LogP contribution in [0.15, 0.2) is 83.4 Å². The molecule has 1 saturated carbocycles. The Morgan fingerprint density at radius 2 is 1.56 bits per heavy atom. The zero-order chi connectivity index (χ0) is 27.6. The average molecular weight is 525 g/mol. The highest BCUT2D eigenvalue weighted by atomic mass is 16.5. The van der Waals surface area contributed by atoms with E-state index >= 15 is 0 Å². The first-order chi connectivity index (χ1) is 18.8. The van der Waals surface area contributed by atoms with E-state index in [-0.39, 0.29) is 12.0 Å². The van der Waals surface area contributed by atoms with Gasteiger partial charge < -0.3 is 19.7 Å². The Bertz CT molecular complexity index is 1450. The summed E-state index contributed by atoms with van der Waals surface area (Å²) in [6.07, 6.45) is 0.195. The summed E-state index contributed by atoms with van der Waals surface area (Å²) < 4.78 is 10.8. The summed E-state index contributed by atoms with van der Waals surface area (Å²) >= 11 is 0. The molecule has 4 aromatic rings. The van der Waals surface area contributed by atoms with Crippen LogP contribution in [0.5, 0.6) is 0 Å². The van der Waals surface area contributed by atoms with Gasteiger partial charge in [-0.25, -0.2) is 0 Å². The molecule has 1 aliphatic rings. The van der Waals surface area contributed by atoms with Gasteiger partial charge in [-0.05, 0) is 55.9 Å². The van der Waals surface area contributed by atoms with E-state index in [1.807, 2.05) is 92.7 Å². The number of ether oxygens (including phenoxy) is 1. The first kappa shape index (κ1) is 26.4. The Balaban J connectivity index is 1.32. The van der Waals surface area contributed by atoms with E-state index in [9.17, 15) is 14.7 Å². The van der Waals surface area contributed by atoms with E-state index in [1.54, 1.807) is 6.92 Å². The van der Waals surface area contributed by atoms with Crippen LogP contribution in [0.1, 0.15) is 61.2 Å². The molecular weight excluding hydrogens is 492 g/mol. The van der Waals surface area contributed by atoms with Crippen LogP contribution >= 0.6 is 0 Å². The number of carbonyl (C=O) groups excluding carboxylic acids is 2. The Labute approximate surface area is 227 Å². The van der Waals surface area contributed by atoms with Crippen LogP contribution in [-0.4, -0.2) is 28.7 Å². The number of aryl methyl sites for hydroxylation is 1. The molecule has 1 fully saturated rings. The molecule has 200 valence electrons. The van der Waals surface area contributed by atoms with Crippen LogP contribution in [0.3, 0.4) is 0 Å². The van der Waals surface area contributed by atoms with Gasteiger partial charge in [-0.2, -0.15) is 0 Å². The second-order valence-electron chi connectivity index (χ2n) is 10.0. The minimum atomic E-state index is -1.43. The summed E-state index contributed by atoms with van der Waals surface area (Å²) in [5.74, 6) is -0.313. The van der Waals surface area contributed by atoms with E-state index < -0.39 is 17.4 Å². The number of hydrogen-bond donors (Lipinski definition) is 2. The minimum Gasteiger partial charge on any atom is -0.465 e. The van der Waals surface area contributed by atoms with Gasteiger partial charge in [0.15, 0.2) is 11.9 Å². The van der Waals surface area contributed by atoms with Gasteiger partial charge in [0, 0.05) is 5.56 Å². The van der Waals surface area contributed by atoms with E-state index in [0.29, 0.717) is 29.2 Å². The van der Waals surface area contributed by atoms with E-state index in [0.717, 1.165) is 35.1 Å². The zero-order valence-corrected chi connectivity index (χ0v) is 22.3. The molecule has 0 bridgehead atoms. The van der Waals surface area contributed by atoms with Crippen LogP contribution in [0.25, 0.3) is 22.5 Å². The third-order valence-corrected chi connectivity index (χ3v) is 7.42. The van der Waals surface area contributed by atoms with Crippen molar-refractivity contribution in [2.75, 3.05) is 6.61 Å². The van der Waals surface area contributed by atoms with Crippen molar-refractivity contribution in [3.8, 4) is 22.5 Å². The van der Waals surface area contributed by atoms with Crippen molar-refractivity contribution < 1.29 is 24.0 Å². The van der Waals surface area contributed by atoms with Crippen LogP contribution in [0, 0.1) is 6.92 Å². The largest absolute Gasteiger partial charge is 0.465 e. The highest BCUT2D eigenvalue weighted by molar-refractivity contribution is 5.87. The smallest absolute Gasteiger partial charge is 0.316 e. The average Bonchev–Trinajstić information content (AvgIpc) is 3.69.